The van der Waals surface area contributed by atoms with E-state index in [9.17, 15) is 0 Å². The molecule has 14 heavy (non-hydrogen) atoms. The maximum atomic E-state index is 5.83. The van der Waals surface area contributed by atoms with Crippen molar-refractivity contribution < 1.29 is 0 Å². The van der Waals surface area contributed by atoms with Gasteiger partial charge < -0.3 is 16.8 Å². The SMILES string of the molecule is Cc1cc(Cl)ccc1NCC(N)CN. The van der Waals surface area contributed by atoms with Gasteiger partial charge in [0.05, 0.1) is 0 Å². The van der Waals surface area contributed by atoms with Crippen LogP contribution in [0.1, 0.15) is 5.56 Å². The summed E-state index contributed by atoms with van der Waals surface area (Å²) in [4.78, 5) is 0. The number of halogens is 1. The lowest BCUT2D eigenvalue weighted by atomic mass is 10.2. The van der Waals surface area contributed by atoms with E-state index in [4.69, 9.17) is 23.1 Å². The summed E-state index contributed by atoms with van der Waals surface area (Å²) >= 11 is 5.83. The lowest BCUT2D eigenvalue weighted by molar-refractivity contribution is 0.713. The summed E-state index contributed by atoms with van der Waals surface area (Å²) in [7, 11) is 0. The number of benzene rings is 1. The quantitative estimate of drug-likeness (QED) is 0.708. The minimum Gasteiger partial charge on any atom is -0.383 e. The van der Waals surface area contributed by atoms with Crippen LogP contribution in [0.4, 0.5) is 5.69 Å². The van der Waals surface area contributed by atoms with Gasteiger partial charge in [-0.15, -0.1) is 0 Å². The Kier molecular flexibility index (Phi) is 4.20. The van der Waals surface area contributed by atoms with Crippen molar-refractivity contribution in [2.24, 2.45) is 11.5 Å². The zero-order valence-electron chi connectivity index (χ0n) is 8.26. The summed E-state index contributed by atoms with van der Waals surface area (Å²) in [6.07, 6.45) is 0. The van der Waals surface area contributed by atoms with Crippen molar-refractivity contribution in [1.82, 2.24) is 0 Å². The zero-order chi connectivity index (χ0) is 10.6. The minimum atomic E-state index is -0.00919. The number of nitrogens with two attached hydrogens (primary N) is 2. The molecule has 0 aromatic heterocycles. The highest BCUT2D eigenvalue weighted by Crippen LogP contribution is 2.19. The third-order valence-electron chi connectivity index (χ3n) is 2.05. The Morgan fingerprint density at radius 2 is 2.21 bits per heavy atom. The molecule has 0 saturated heterocycles. The van der Waals surface area contributed by atoms with E-state index < -0.39 is 0 Å². The van der Waals surface area contributed by atoms with Gasteiger partial charge in [0.1, 0.15) is 0 Å². The zero-order valence-corrected chi connectivity index (χ0v) is 9.01. The van der Waals surface area contributed by atoms with Gasteiger partial charge in [-0.05, 0) is 30.7 Å². The van der Waals surface area contributed by atoms with E-state index in [1.165, 1.54) is 0 Å². The second kappa shape index (κ2) is 5.20. The molecule has 1 aromatic rings. The largest absolute Gasteiger partial charge is 0.383 e. The lowest BCUT2D eigenvalue weighted by Gasteiger charge is -2.13. The third-order valence-corrected chi connectivity index (χ3v) is 2.28. The van der Waals surface area contributed by atoms with Crippen molar-refractivity contribution in [2.45, 2.75) is 13.0 Å². The van der Waals surface area contributed by atoms with E-state index in [-0.39, 0.29) is 6.04 Å². The van der Waals surface area contributed by atoms with Gasteiger partial charge in [0.15, 0.2) is 0 Å². The van der Waals surface area contributed by atoms with Gasteiger partial charge in [-0.25, -0.2) is 0 Å². The molecule has 1 aromatic carbocycles. The molecule has 0 aliphatic heterocycles. The van der Waals surface area contributed by atoms with Crippen molar-refractivity contribution >= 4 is 17.3 Å². The molecule has 0 aliphatic rings. The predicted octanol–water partition coefficient (Wildman–Crippen LogP) is 1.35. The minimum absolute atomic E-state index is 0.00919. The summed E-state index contributed by atoms with van der Waals surface area (Å²) in [6.45, 7) is 3.17. The molecule has 0 saturated carbocycles. The highest BCUT2D eigenvalue weighted by atomic mass is 35.5. The van der Waals surface area contributed by atoms with Crippen molar-refractivity contribution in [3.8, 4) is 0 Å². The van der Waals surface area contributed by atoms with Crippen LogP contribution in [-0.2, 0) is 0 Å². The Hall–Kier alpha value is -0.770. The molecule has 1 rings (SSSR count). The Balaban J connectivity index is 2.59. The van der Waals surface area contributed by atoms with Gasteiger partial charge >= 0.3 is 0 Å². The number of hydrogen-bond acceptors (Lipinski definition) is 3. The molecule has 1 unspecified atom stereocenters. The highest BCUT2D eigenvalue weighted by Gasteiger charge is 2.01. The maximum absolute atomic E-state index is 5.83. The summed E-state index contributed by atoms with van der Waals surface area (Å²) in [6, 6.07) is 5.70. The van der Waals surface area contributed by atoms with Gasteiger partial charge in [0.2, 0.25) is 0 Å². The van der Waals surface area contributed by atoms with Crippen LogP contribution in [0.5, 0.6) is 0 Å². The number of rotatable bonds is 4. The second-order valence-corrected chi connectivity index (χ2v) is 3.77. The third kappa shape index (κ3) is 3.18. The van der Waals surface area contributed by atoms with E-state index >= 15 is 0 Å². The summed E-state index contributed by atoms with van der Waals surface area (Å²) in [5, 5.41) is 3.97. The van der Waals surface area contributed by atoms with E-state index in [0.29, 0.717) is 13.1 Å². The molecular weight excluding hydrogens is 198 g/mol. The second-order valence-electron chi connectivity index (χ2n) is 3.34. The standard InChI is InChI=1S/C10H16ClN3/c1-7-4-8(11)2-3-10(7)14-6-9(13)5-12/h2-4,9,14H,5-6,12-13H2,1H3. The fraction of sp³-hybridized carbons (Fsp3) is 0.400. The van der Waals surface area contributed by atoms with Crippen molar-refractivity contribution in [3.63, 3.8) is 0 Å². The average molecular weight is 214 g/mol. The van der Waals surface area contributed by atoms with Crippen molar-refractivity contribution in [2.75, 3.05) is 18.4 Å². The highest BCUT2D eigenvalue weighted by molar-refractivity contribution is 6.30. The molecule has 3 nitrogen and oxygen atoms in total. The first kappa shape index (κ1) is 11.3. The van der Waals surface area contributed by atoms with Gasteiger partial charge in [-0.1, -0.05) is 11.6 Å². The van der Waals surface area contributed by atoms with Gasteiger partial charge in [0.25, 0.3) is 0 Å². The van der Waals surface area contributed by atoms with Crippen LogP contribution in [0.2, 0.25) is 5.02 Å². The van der Waals surface area contributed by atoms with E-state index in [0.717, 1.165) is 16.3 Å². The lowest BCUT2D eigenvalue weighted by Crippen LogP contribution is -2.36. The van der Waals surface area contributed by atoms with Crippen molar-refractivity contribution in [3.05, 3.63) is 28.8 Å². The molecule has 0 fully saturated rings. The van der Waals surface area contributed by atoms with E-state index in [1.54, 1.807) is 0 Å². The first-order valence-electron chi connectivity index (χ1n) is 4.59. The Morgan fingerprint density at radius 1 is 1.50 bits per heavy atom. The molecule has 0 amide bonds. The van der Waals surface area contributed by atoms with Crippen LogP contribution in [0.25, 0.3) is 0 Å². The Labute approximate surface area is 89.4 Å². The smallest absolute Gasteiger partial charge is 0.0410 e. The number of hydrogen-bond donors (Lipinski definition) is 3. The van der Waals surface area contributed by atoms with Gasteiger partial charge in [0, 0.05) is 29.8 Å². The molecule has 0 heterocycles. The molecule has 0 aliphatic carbocycles. The van der Waals surface area contributed by atoms with Crippen molar-refractivity contribution in [1.29, 1.82) is 0 Å². The monoisotopic (exact) mass is 213 g/mol. The van der Waals surface area contributed by atoms with Gasteiger partial charge in [-0.2, -0.15) is 0 Å². The van der Waals surface area contributed by atoms with Crippen LogP contribution in [0.3, 0.4) is 0 Å². The first-order chi connectivity index (χ1) is 6.63. The number of anilines is 1. The molecule has 0 spiro atoms. The molecule has 78 valence electrons. The van der Waals surface area contributed by atoms with Crippen LogP contribution in [0.15, 0.2) is 18.2 Å². The van der Waals surface area contributed by atoms with Crippen LogP contribution < -0.4 is 16.8 Å². The summed E-state index contributed by atoms with van der Waals surface area (Å²) < 4.78 is 0. The van der Waals surface area contributed by atoms with Crippen LogP contribution >= 0.6 is 11.6 Å². The molecule has 0 radical (unpaired) electrons. The van der Waals surface area contributed by atoms with Gasteiger partial charge in [-0.3, -0.25) is 0 Å². The molecule has 1 atom stereocenters. The van der Waals surface area contributed by atoms with Crippen LogP contribution in [0, 0.1) is 6.92 Å². The topological polar surface area (TPSA) is 64.1 Å². The fourth-order valence-electron chi connectivity index (χ4n) is 1.15. The number of aryl methyl sites for hydroxylation is 1. The number of nitrogens with one attached hydrogen (secondary N) is 1. The summed E-state index contributed by atoms with van der Waals surface area (Å²) in [5.74, 6) is 0. The molecule has 0 bridgehead atoms. The average Bonchev–Trinajstić information content (AvgIpc) is 2.16. The Morgan fingerprint density at radius 3 is 2.79 bits per heavy atom. The predicted molar refractivity (Wildman–Crippen MR) is 61.7 cm³/mol. The van der Waals surface area contributed by atoms with Crippen LogP contribution in [-0.4, -0.2) is 19.1 Å². The van der Waals surface area contributed by atoms with E-state index in [1.807, 2.05) is 25.1 Å². The normalized spacial score (nSPS) is 12.6. The van der Waals surface area contributed by atoms with E-state index in [2.05, 4.69) is 5.32 Å². The fourth-order valence-corrected chi connectivity index (χ4v) is 1.38. The molecule has 4 heteroatoms. The first-order valence-corrected chi connectivity index (χ1v) is 4.97. The molecule has 5 N–H and O–H groups in total. The Bertz CT molecular complexity index is 301. The molecular formula is C10H16ClN3. The summed E-state index contributed by atoms with van der Waals surface area (Å²) in [5.41, 5.74) is 13.3. The maximum Gasteiger partial charge on any atom is 0.0410 e.